The Kier molecular flexibility index (Phi) is 10.0. The first-order valence-corrected chi connectivity index (χ1v) is 8.24. The summed E-state index contributed by atoms with van der Waals surface area (Å²) in [5.74, 6) is 0.152. The van der Waals surface area contributed by atoms with Crippen LogP contribution in [-0.4, -0.2) is 33.2 Å². The van der Waals surface area contributed by atoms with E-state index in [1.54, 1.807) is 0 Å². The van der Waals surface area contributed by atoms with Crippen LogP contribution in [0, 0.1) is 0 Å². The molecule has 1 aromatic rings. The van der Waals surface area contributed by atoms with Crippen molar-refractivity contribution in [1.29, 1.82) is 0 Å². The van der Waals surface area contributed by atoms with E-state index in [1.807, 2.05) is 37.3 Å². The minimum Gasteiger partial charge on any atom is -0.370 e. The maximum atomic E-state index is 11.8. The molecule has 0 bridgehead atoms. The molecule has 8 heteroatoms. The molecule has 0 aliphatic heterocycles. The third kappa shape index (κ3) is 9.74. The summed E-state index contributed by atoms with van der Waals surface area (Å²) in [5.41, 5.74) is 7.40. The minimum atomic E-state index is -3.35. The highest BCUT2D eigenvalue weighted by molar-refractivity contribution is 14.0. The molecule has 0 unspecified atom stereocenters. The number of hydrogen-bond donors (Lipinski definition) is 3. The van der Waals surface area contributed by atoms with Crippen molar-refractivity contribution in [2.75, 3.05) is 18.8 Å². The van der Waals surface area contributed by atoms with E-state index < -0.39 is 10.0 Å². The van der Waals surface area contributed by atoms with E-state index in [2.05, 4.69) is 21.6 Å². The van der Waals surface area contributed by atoms with Crippen molar-refractivity contribution < 1.29 is 8.42 Å². The number of nitrogens with one attached hydrogen (secondary N) is 2. The van der Waals surface area contributed by atoms with Crippen molar-refractivity contribution in [3.63, 3.8) is 0 Å². The number of hydrogen-bond acceptors (Lipinski definition) is 3. The van der Waals surface area contributed by atoms with E-state index >= 15 is 0 Å². The zero-order valence-electron chi connectivity index (χ0n) is 12.6. The SMILES string of the molecule is C=C(C)CN=C(N)NCCS(=O)(=O)NCc1ccccc1.I. The van der Waals surface area contributed by atoms with Gasteiger partial charge in [0.15, 0.2) is 5.96 Å². The van der Waals surface area contributed by atoms with Gasteiger partial charge in [0.2, 0.25) is 10.0 Å². The zero-order valence-corrected chi connectivity index (χ0v) is 15.7. The molecule has 4 N–H and O–H groups in total. The van der Waals surface area contributed by atoms with Gasteiger partial charge in [-0.1, -0.05) is 42.5 Å². The summed E-state index contributed by atoms with van der Waals surface area (Å²) in [6.07, 6.45) is 0. The van der Waals surface area contributed by atoms with Crippen LogP contribution in [0.2, 0.25) is 0 Å². The Bertz CT molecular complexity index is 588. The highest BCUT2D eigenvalue weighted by Gasteiger charge is 2.09. The fraction of sp³-hybridized carbons (Fsp3) is 0.357. The molecule has 1 rings (SSSR count). The van der Waals surface area contributed by atoms with E-state index in [-0.39, 0.29) is 48.8 Å². The maximum absolute atomic E-state index is 11.8. The van der Waals surface area contributed by atoms with Crippen LogP contribution in [0.4, 0.5) is 0 Å². The number of nitrogens with two attached hydrogens (primary N) is 1. The van der Waals surface area contributed by atoms with Gasteiger partial charge in [0.25, 0.3) is 0 Å². The Morgan fingerprint density at radius 1 is 1.32 bits per heavy atom. The Labute approximate surface area is 149 Å². The summed E-state index contributed by atoms with van der Waals surface area (Å²) < 4.78 is 26.1. The number of aliphatic imine (C=N–C) groups is 1. The van der Waals surface area contributed by atoms with Gasteiger partial charge in [0.05, 0.1) is 12.3 Å². The second-order valence-electron chi connectivity index (χ2n) is 4.71. The molecule has 0 heterocycles. The number of sulfonamides is 1. The molecule has 1 aromatic carbocycles. The van der Waals surface area contributed by atoms with Gasteiger partial charge in [-0.3, -0.25) is 0 Å². The Balaban J connectivity index is 0.00000441. The average molecular weight is 438 g/mol. The van der Waals surface area contributed by atoms with Gasteiger partial charge >= 0.3 is 0 Å². The normalized spacial score (nSPS) is 11.6. The largest absolute Gasteiger partial charge is 0.370 e. The Morgan fingerprint density at radius 2 is 1.95 bits per heavy atom. The van der Waals surface area contributed by atoms with Crippen molar-refractivity contribution in [2.24, 2.45) is 10.7 Å². The fourth-order valence-corrected chi connectivity index (χ4v) is 2.35. The minimum absolute atomic E-state index is 0. The van der Waals surface area contributed by atoms with E-state index in [1.165, 1.54) is 0 Å². The number of benzene rings is 1. The molecular weight excluding hydrogens is 415 g/mol. The van der Waals surface area contributed by atoms with Gasteiger partial charge in [0.1, 0.15) is 0 Å². The van der Waals surface area contributed by atoms with Crippen molar-refractivity contribution in [2.45, 2.75) is 13.5 Å². The number of rotatable bonds is 8. The summed E-state index contributed by atoms with van der Waals surface area (Å²) >= 11 is 0. The lowest BCUT2D eigenvalue weighted by molar-refractivity contribution is 0.580. The van der Waals surface area contributed by atoms with E-state index in [4.69, 9.17) is 5.73 Å². The Hall–Kier alpha value is -1.13. The summed E-state index contributed by atoms with van der Waals surface area (Å²) in [6.45, 7) is 6.46. The van der Waals surface area contributed by atoms with Crippen LogP contribution in [0.3, 0.4) is 0 Å². The first kappa shape index (κ1) is 20.9. The van der Waals surface area contributed by atoms with Gasteiger partial charge in [-0.15, -0.1) is 24.0 Å². The monoisotopic (exact) mass is 438 g/mol. The van der Waals surface area contributed by atoms with Gasteiger partial charge < -0.3 is 11.1 Å². The summed E-state index contributed by atoms with van der Waals surface area (Å²) in [5, 5.41) is 2.76. The molecule has 6 nitrogen and oxygen atoms in total. The quantitative estimate of drug-likeness (QED) is 0.246. The van der Waals surface area contributed by atoms with E-state index in [0.717, 1.165) is 11.1 Å². The summed E-state index contributed by atoms with van der Waals surface area (Å²) in [7, 11) is -3.35. The standard InChI is InChI=1S/C14H22N4O2S.HI/c1-12(2)10-17-14(15)16-8-9-21(19,20)18-11-13-6-4-3-5-7-13;/h3-7,18H,1,8-11H2,2H3,(H3,15,16,17);1H. The molecule has 0 amide bonds. The van der Waals surface area contributed by atoms with Gasteiger partial charge in [-0.2, -0.15) is 0 Å². The predicted octanol–water partition coefficient (Wildman–Crippen LogP) is 1.20. The molecule has 22 heavy (non-hydrogen) atoms. The molecule has 0 fully saturated rings. The highest BCUT2D eigenvalue weighted by atomic mass is 127. The topological polar surface area (TPSA) is 96.6 Å². The highest BCUT2D eigenvalue weighted by Crippen LogP contribution is 1.98. The summed E-state index contributed by atoms with van der Waals surface area (Å²) in [4.78, 5) is 4.01. The Morgan fingerprint density at radius 3 is 2.55 bits per heavy atom. The molecule has 0 spiro atoms. The average Bonchev–Trinajstić information content (AvgIpc) is 2.44. The maximum Gasteiger partial charge on any atom is 0.213 e. The van der Waals surface area contributed by atoms with Crippen LogP contribution in [-0.2, 0) is 16.6 Å². The molecule has 0 radical (unpaired) electrons. The molecule has 0 saturated carbocycles. The van der Waals surface area contributed by atoms with E-state index in [0.29, 0.717) is 6.54 Å². The molecule has 0 aliphatic carbocycles. The van der Waals surface area contributed by atoms with Crippen molar-refractivity contribution in [3.05, 3.63) is 48.0 Å². The molecule has 0 atom stereocenters. The first-order chi connectivity index (χ1) is 9.89. The number of halogens is 1. The fourth-order valence-electron chi connectivity index (χ4n) is 1.45. The van der Waals surface area contributed by atoms with Crippen LogP contribution >= 0.6 is 24.0 Å². The van der Waals surface area contributed by atoms with Gasteiger partial charge in [-0.05, 0) is 12.5 Å². The molecular formula is C14H23IN4O2S. The zero-order chi connectivity index (χ0) is 15.7. The van der Waals surface area contributed by atoms with Crippen LogP contribution in [0.15, 0.2) is 47.5 Å². The van der Waals surface area contributed by atoms with Crippen LogP contribution in [0.5, 0.6) is 0 Å². The second-order valence-corrected chi connectivity index (χ2v) is 6.64. The van der Waals surface area contributed by atoms with Crippen molar-refractivity contribution >= 4 is 40.0 Å². The molecule has 0 aliphatic rings. The van der Waals surface area contributed by atoms with Gasteiger partial charge in [0, 0.05) is 13.1 Å². The lowest BCUT2D eigenvalue weighted by Crippen LogP contribution is -2.38. The number of nitrogens with zero attached hydrogens (tertiary/aromatic N) is 1. The molecule has 0 saturated heterocycles. The number of guanidine groups is 1. The van der Waals surface area contributed by atoms with Crippen molar-refractivity contribution in [1.82, 2.24) is 10.0 Å². The van der Waals surface area contributed by atoms with Crippen LogP contribution < -0.4 is 15.8 Å². The second kappa shape index (κ2) is 10.6. The lowest BCUT2D eigenvalue weighted by atomic mass is 10.2. The van der Waals surface area contributed by atoms with E-state index in [9.17, 15) is 8.42 Å². The molecule has 0 aromatic heterocycles. The van der Waals surface area contributed by atoms with Crippen LogP contribution in [0.25, 0.3) is 0 Å². The molecule has 124 valence electrons. The predicted molar refractivity (Wildman–Crippen MR) is 102 cm³/mol. The lowest BCUT2D eigenvalue weighted by Gasteiger charge is -2.08. The van der Waals surface area contributed by atoms with Gasteiger partial charge in [-0.25, -0.2) is 18.1 Å². The smallest absolute Gasteiger partial charge is 0.213 e. The van der Waals surface area contributed by atoms with Crippen LogP contribution in [0.1, 0.15) is 12.5 Å². The summed E-state index contributed by atoms with van der Waals surface area (Å²) in [6, 6.07) is 9.34. The van der Waals surface area contributed by atoms with Crippen molar-refractivity contribution in [3.8, 4) is 0 Å². The first-order valence-electron chi connectivity index (χ1n) is 6.58. The third-order valence-electron chi connectivity index (χ3n) is 2.54. The third-order valence-corrected chi connectivity index (χ3v) is 3.86.